The van der Waals surface area contributed by atoms with Crippen LogP contribution in [-0.4, -0.2) is 15.6 Å². The number of hydrogen-bond donors (Lipinski definition) is 0. The van der Waals surface area contributed by atoms with Gasteiger partial charge in [-0.05, 0) is 23.9 Å². The molecule has 23 heavy (non-hydrogen) atoms. The van der Waals surface area contributed by atoms with E-state index in [1.54, 1.807) is 29.5 Å². The number of carbonyl (C=O) groups excluding carboxylic acids is 1. The summed E-state index contributed by atoms with van der Waals surface area (Å²) >= 11 is 1.55. The van der Waals surface area contributed by atoms with Crippen molar-refractivity contribution in [1.82, 2.24) is 9.78 Å². The highest BCUT2D eigenvalue weighted by atomic mass is 32.1. The number of nitrogens with zero attached hydrogens (tertiary/aromatic N) is 2. The van der Waals surface area contributed by atoms with Crippen LogP contribution in [0.4, 0.5) is 0 Å². The minimum absolute atomic E-state index is 0.0916. The molecule has 5 heteroatoms. The molecular weight excluding hydrogens is 308 g/mol. The lowest BCUT2D eigenvalue weighted by molar-refractivity contribution is 0.0911. The maximum Gasteiger partial charge on any atom is 0.267 e. The van der Waals surface area contributed by atoms with Crippen LogP contribution in [0.3, 0.4) is 0 Å². The summed E-state index contributed by atoms with van der Waals surface area (Å²) in [6.45, 7) is 1.89. The number of hydrogen-bond acceptors (Lipinski definition) is 4. The van der Waals surface area contributed by atoms with Crippen LogP contribution >= 0.6 is 11.3 Å². The smallest absolute Gasteiger partial charge is 0.267 e. The lowest BCUT2D eigenvalue weighted by Gasteiger charge is -2.16. The van der Waals surface area contributed by atoms with Gasteiger partial charge in [-0.15, -0.1) is 11.3 Å². The zero-order valence-electron chi connectivity index (χ0n) is 12.7. The highest BCUT2D eigenvalue weighted by molar-refractivity contribution is 7.13. The molecule has 116 valence electrons. The predicted molar refractivity (Wildman–Crippen MR) is 91.9 cm³/mol. The molecule has 2 aromatic heterocycles. The van der Waals surface area contributed by atoms with Crippen molar-refractivity contribution in [3.63, 3.8) is 0 Å². The molecule has 0 fully saturated rings. The number of benzene rings is 1. The van der Waals surface area contributed by atoms with Crippen molar-refractivity contribution in [3.8, 4) is 10.6 Å². The van der Waals surface area contributed by atoms with E-state index in [1.807, 2.05) is 42.6 Å². The van der Waals surface area contributed by atoms with E-state index in [-0.39, 0.29) is 11.3 Å². The lowest BCUT2D eigenvalue weighted by atomic mass is 10.0. The van der Waals surface area contributed by atoms with Crippen LogP contribution < -0.4 is 5.56 Å². The Morgan fingerprint density at radius 2 is 1.91 bits per heavy atom. The van der Waals surface area contributed by atoms with Crippen molar-refractivity contribution in [2.45, 2.75) is 19.4 Å². The second-order valence-electron chi connectivity index (χ2n) is 5.13. The molecule has 0 amide bonds. The van der Waals surface area contributed by atoms with Crippen molar-refractivity contribution >= 4 is 17.1 Å². The summed E-state index contributed by atoms with van der Waals surface area (Å²) in [5.74, 6) is -0.0916. The van der Waals surface area contributed by atoms with Gasteiger partial charge in [0.25, 0.3) is 5.56 Å². The molecule has 4 nitrogen and oxygen atoms in total. The first-order chi connectivity index (χ1) is 11.2. The highest BCUT2D eigenvalue weighted by Gasteiger charge is 2.22. The average Bonchev–Trinajstić information content (AvgIpc) is 3.12. The van der Waals surface area contributed by atoms with Gasteiger partial charge in [-0.2, -0.15) is 5.10 Å². The van der Waals surface area contributed by atoms with E-state index in [4.69, 9.17) is 0 Å². The molecule has 0 unspecified atom stereocenters. The fourth-order valence-corrected chi connectivity index (χ4v) is 3.16. The fourth-order valence-electron chi connectivity index (χ4n) is 2.47. The fraction of sp³-hybridized carbons (Fsp3) is 0.167. The topological polar surface area (TPSA) is 52.0 Å². The number of ketones is 1. The van der Waals surface area contributed by atoms with Gasteiger partial charge in [0.2, 0.25) is 0 Å². The first-order valence-electron chi connectivity index (χ1n) is 7.43. The number of Topliss-reactive ketones (excluding diaryl/α,β-unsaturated/α-hetero) is 1. The van der Waals surface area contributed by atoms with Crippen molar-refractivity contribution in [1.29, 1.82) is 0 Å². The van der Waals surface area contributed by atoms with Crippen molar-refractivity contribution < 1.29 is 4.79 Å². The molecule has 0 saturated heterocycles. The van der Waals surface area contributed by atoms with Gasteiger partial charge in [-0.1, -0.05) is 43.3 Å². The summed E-state index contributed by atoms with van der Waals surface area (Å²) in [7, 11) is 0. The van der Waals surface area contributed by atoms with Crippen LogP contribution in [0.5, 0.6) is 0 Å². The van der Waals surface area contributed by atoms with Gasteiger partial charge in [-0.3, -0.25) is 9.59 Å². The maximum absolute atomic E-state index is 12.7. The average molecular weight is 324 g/mol. The van der Waals surface area contributed by atoms with Gasteiger partial charge < -0.3 is 0 Å². The van der Waals surface area contributed by atoms with Crippen LogP contribution in [0.15, 0.2) is 64.8 Å². The molecule has 0 saturated carbocycles. The van der Waals surface area contributed by atoms with Crippen molar-refractivity contribution in [3.05, 3.63) is 75.9 Å². The van der Waals surface area contributed by atoms with E-state index < -0.39 is 6.04 Å². The van der Waals surface area contributed by atoms with Crippen LogP contribution in [0.1, 0.15) is 29.7 Å². The third kappa shape index (κ3) is 3.14. The summed E-state index contributed by atoms with van der Waals surface area (Å²) in [5.41, 5.74) is 1.04. The summed E-state index contributed by atoms with van der Waals surface area (Å²) in [5, 5.41) is 6.38. The standard InChI is InChI=1S/C18H16N2O2S/c1-2-15(18(22)13-7-4-3-5-8-13)20-17(21)11-10-14(19-20)16-9-6-12-23-16/h3-12,15H,2H2,1H3/t15-/m0/s1. The minimum atomic E-state index is -0.593. The molecule has 0 N–H and O–H groups in total. The molecule has 1 atom stereocenters. The van der Waals surface area contributed by atoms with Gasteiger partial charge in [0.05, 0.1) is 4.88 Å². The largest absolute Gasteiger partial charge is 0.292 e. The molecule has 3 rings (SSSR count). The van der Waals surface area contributed by atoms with Crippen LogP contribution in [0.25, 0.3) is 10.6 Å². The number of aromatic nitrogens is 2. The molecule has 0 radical (unpaired) electrons. The molecule has 1 aromatic carbocycles. The molecular formula is C18H16N2O2S. The molecule has 0 aliphatic rings. The second kappa shape index (κ2) is 6.71. The van der Waals surface area contributed by atoms with Crippen LogP contribution in [-0.2, 0) is 0 Å². The molecule has 3 aromatic rings. The van der Waals surface area contributed by atoms with E-state index >= 15 is 0 Å². The van der Waals surface area contributed by atoms with Gasteiger partial charge in [0.15, 0.2) is 5.78 Å². The summed E-state index contributed by atoms with van der Waals surface area (Å²) < 4.78 is 1.31. The SMILES string of the molecule is CC[C@@H](C(=O)c1ccccc1)n1nc(-c2cccs2)ccc1=O. The number of rotatable bonds is 5. The zero-order chi connectivity index (χ0) is 16.2. The Labute approximate surface area is 138 Å². The quantitative estimate of drug-likeness (QED) is 0.671. The Morgan fingerprint density at radius 1 is 1.13 bits per heavy atom. The first-order valence-corrected chi connectivity index (χ1v) is 8.31. The van der Waals surface area contributed by atoms with E-state index in [2.05, 4.69) is 5.10 Å². The normalized spacial score (nSPS) is 12.0. The van der Waals surface area contributed by atoms with Gasteiger partial charge >= 0.3 is 0 Å². The molecule has 0 spiro atoms. The molecule has 2 heterocycles. The Balaban J connectivity index is 2.03. The Hall–Kier alpha value is -2.53. The van der Waals surface area contributed by atoms with Crippen molar-refractivity contribution in [2.75, 3.05) is 0 Å². The maximum atomic E-state index is 12.7. The Bertz CT molecular complexity index is 854. The summed E-state index contributed by atoms with van der Waals surface area (Å²) in [6.07, 6.45) is 0.508. The molecule has 0 aliphatic carbocycles. The molecule has 0 aliphatic heterocycles. The first kappa shape index (κ1) is 15.4. The van der Waals surface area contributed by atoms with Crippen LogP contribution in [0.2, 0.25) is 0 Å². The summed E-state index contributed by atoms with van der Waals surface area (Å²) in [4.78, 5) is 25.9. The zero-order valence-corrected chi connectivity index (χ0v) is 13.5. The summed E-state index contributed by atoms with van der Waals surface area (Å²) in [6, 6.07) is 15.5. The Kier molecular flexibility index (Phi) is 4.48. The second-order valence-corrected chi connectivity index (χ2v) is 6.08. The van der Waals surface area contributed by atoms with Crippen molar-refractivity contribution in [2.24, 2.45) is 0 Å². The number of thiophene rings is 1. The van der Waals surface area contributed by atoms with E-state index in [1.165, 1.54) is 10.7 Å². The van der Waals surface area contributed by atoms with Gasteiger partial charge in [-0.25, -0.2) is 4.68 Å². The van der Waals surface area contributed by atoms with Gasteiger partial charge in [0, 0.05) is 11.6 Å². The van der Waals surface area contributed by atoms with Crippen LogP contribution in [0, 0.1) is 0 Å². The van der Waals surface area contributed by atoms with E-state index in [9.17, 15) is 9.59 Å². The predicted octanol–water partition coefficient (Wildman–Crippen LogP) is 3.81. The highest BCUT2D eigenvalue weighted by Crippen LogP contribution is 2.23. The van der Waals surface area contributed by atoms with Gasteiger partial charge in [0.1, 0.15) is 11.7 Å². The van der Waals surface area contributed by atoms with E-state index in [0.717, 1.165) is 4.88 Å². The lowest BCUT2D eigenvalue weighted by Crippen LogP contribution is -2.31. The third-order valence-electron chi connectivity index (χ3n) is 3.64. The number of carbonyl (C=O) groups is 1. The Morgan fingerprint density at radius 3 is 2.57 bits per heavy atom. The minimum Gasteiger partial charge on any atom is -0.292 e. The third-order valence-corrected chi connectivity index (χ3v) is 4.53. The molecule has 0 bridgehead atoms. The monoisotopic (exact) mass is 324 g/mol. The van der Waals surface area contributed by atoms with E-state index in [0.29, 0.717) is 17.7 Å².